The van der Waals surface area contributed by atoms with Gasteiger partial charge in [-0.15, -0.1) is 24.0 Å². The van der Waals surface area contributed by atoms with Crippen LogP contribution < -0.4 is 15.4 Å². The number of aliphatic imine (C=N–C) groups is 1. The third-order valence-corrected chi connectivity index (χ3v) is 5.06. The first kappa shape index (κ1) is 23.9. The Bertz CT molecular complexity index is 494. The van der Waals surface area contributed by atoms with Crippen molar-refractivity contribution >= 4 is 40.0 Å². The number of halogens is 1. The molecule has 0 radical (unpaired) electrons. The van der Waals surface area contributed by atoms with Crippen LogP contribution in [0, 0.1) is 5.92 Å². The summed E-state index contributed by atoms with van der Waals surface area (Å²) in [7, 11) is -3.24. The fourth-order valence-corrected chi connectivity index (χ4v) is 4.19. The molecule has 0 heterocycles. The van der Waals surface area contributed by atoms with Crippen LogP contribution in [0.4, 0.5) is 0 Å². The highest BCUT2D eigenvalue weighted by molar-refractivity contribution is 14.0. The molecule has 1 saturated carbocycles. The first-order valence-corrected chi connectivity index (χ1v) is 10.6. The minimum atomic E-state index is -3.24. The Kier molecular flexibility index (Phi) is 10.8. The SMILES string of the molecule is CCNC(=NCC(C)(C)NS(C)(=O)=O)NC1CCCC(CC)C1.I. The summed E-state index contributed by atoms with van der Waals surface area (Å²) >= 11 is 0. The average molecular weight is 474 g/mol. The number of rotatable bonds is 7. The lowest BCUT2D eigenvalue weighted by atomic mass is 9.84. The number of sulfonamides is 1. The molecule has 0 spiro atoms. The van der Waals surface area contributed by atoms with Crippen molar-refractivity contribution in [2.45, 2.75) is 71.4 Å². The maximum Gasteiger partial charge on any atom is 0.209 e. The van der Waals surface area contributed by atoms with Crippen LogP contribution in [0.15, 0.2) is 4.99 Å². The average Bonchev–Trinajstić information content (AvgIpc) is 2.43. The summed E-state index contributed by atoms with van der Waals surface area (Å²) in [6.07, 6.45) is 7.36. The normalized spacial score (nSPS) is 22.6. The van der Waals surface area contributed by atoms with Gasteiger partial charge in [-0.2, -0.15) is 0 Å². The number of hydrogen-bond donors (Lipinski definition) is 3. The minimum Gasteiger partial charge on any atom is -0.357 e. The van der Waals surface area contributed by atoms with Gasteiger partial charge >= 0.3 is 0 Å². The topological polar surface area (TPSA) is 82.6 Å². The highest BCUT2D eigenvalue weighted by atomic mass is 127. The van der Waals surface area contributed by atoms with Gasteiger partial charge in [-0.3, -0.25) is 4.99 Å². The van der Waals surface area contributed by atoms with Crippen LogP contribution in [0.2, 0.25) is 0 Å². The molecule has 1 fully saturated rings. The molecule has 0 amide bonds. The summed E-state index contributed by atoms with van der Waals surface area (Å²) < 4.78 is 25.4. The van der Waals surface area contributed by atoms with E-state index in [9.17, 15) is 8.42 Å². The second-order valence-corrected chi connectivity index (χ2v) is 8.98. The molecule has 1 aliphatic rings. The Morgan fingerprint density at radius 2 is 1.92 bits per heavy atom. The van der Waals surface area contributed by atoms with Crippen LogP contribution in [-0.2, 0) is 10.0 Å². The molecule has 0 aromatic heterocycles. The van der Waals surface area contributed by atoms with Crippen molar-refractivity contribution in [1.82, 2.24) is 15.4 Å². The van der Waals surface area contributed by atoms with Crippen LogP contribution in [0.25, 0.3) is 0 Å². The van der Waals surface area contributed by atoms with Crippen molar-refractivity contribution in [2.75, 3.05) is 19.3 Å². The van der Waals surface area contributed by atoms with Crippen molar-refractivity contribution in [1.29, 1.82) is 0 Å². The molecule has 8 heteroatoms. The van der Waals surface area contributed by atoms with Gasteiger partial charge in [0.2, 0.25) is 10.0 Å². The Morgan fingerprint density at radius 3 is 2.46 bits per heavy atom. The van der Waals surface area contributed by atoms with Gasteiger partial charge in [0.05, 0.1) is 12.8 Å². The second-order valence-electron chi connectivity index (χ2n) is 7.24. The molecule has 2 atom stereocenters. The summed E-state index contributed by atoms with van der Waals surface area (Å²) in [6.45, 7) is 9.15. The van der Waals surface area contributed by atoms with E-state index in [1.165, 1.54) is 38.4 Å². The van der Waals surface area contributed by atoms with Crippen molar-refractivity contribution in [3.63, 3.8) is 0 Å². The smallest absolute Gasteiger partial charge is 0.209 e. The predicted molar refractivity (Wildman–Crippen MR) is 113 cm³/mol. The summed E-state index contributed by atoms with van der Waals surface area (Å²) in [5.41, 5.74) is -0.603. The van der Waals surface area contributed by atoms with Gasteiger partial charge in [0.25, 0.3) is 0 Å². The molecule has 24 heavy (non-hydrogen) atoms. The van der Waals surface area contributed by atoms with Crippen LogP contribution in [-0.4, -0.2) is 45.3 Å². The molecule has 0 bridgehead atoms. The van der Waals surface area contributed by atoms with Gasteiger partial charge in [0, 0.05) is 18.1 Å². The van der Waals surface area contributed by atoms with E-state index in [-0.39, 0.29) is 24.0 Å². The van der Waals surface area contributed by atoms with Crippen LogP contribution in [0.1, 0.15) is 59.8 Å². The lowest BCUT2D eigenvalue weighted by Gasteiger charge is -2.30. The fourth-order valence-electron chi connectivity index (χ4n) is 3.12. The zero-order valence-corrected chi connectivity index (χ0v) is 18.8. The molecule has 0 aromatic carbocycles. The molecule has 1 aliphatic carbocycles. The summed E-state index contributed by atoms with van der Waals surface area (Å²) in [5.74, 6) is 1.57. The maximum atomic E-state index is 11.4. The second kappa shape index (κ2) is 10.8. The molecule has 0 aliphatic heterocycles. The predicted octanol–water partition coefficient (Wildman–Crippen LogP) is 2.46. The Labute approximate surface area is 165 Å². The minimum absolute atomic E-state index is 0. The van der Waals surface area contributed by atoms with E-state index < -0.39 is 15.6 Å². The highest BCUT2D eigenvalue weighted by Gasteiger charge is 2.24. The van der Waals surface area contributed by atoms with E-state index in [4.69, 9.17) is 0 Å². The van der Waals surface area contributed by atoms with E-state index >= 15 is 0 Å². The zero-order chi connectivity index (χ0) is 17.5. The number of nitrogens with zero attached hydrogens (tertiary/aromatic N) is 1. The molecular weight excluding hydrogens is 439 g/mol. The van der Waals surface area contributed by atoms with Crippen molar-refractivity contribution < 1.29 is 8.42 Å². The molecule has 0 saturated heterocycles. The standard InChI is InChI=1S/C16H34N4O2S.HI/c1-6-13-9-8-10-14(11-13)19-15(17-7-2)18-12-16(3,4)20-23(5,21)22;/h13-14,20H,6-12H2,1-5H3,(H2,17,18,19);1H. The van der Waals surface area contributed by atoms with E-state index in [2.05, 4.69) is 27.3 Å². The van der Waals surface area contributed by atoms with E-state index in [1.807, 2.05) is 20.8 Å². The molecule has 0 aromatic rings. The summed E-state index contributed by atoms with van der Waals surface area (Å²) in [6, 6.07) is 0.456. The third kappa shape index (κ3) is 10.0. The van der Waals surface area contributed by atoms with Crippen LogP contribution in [0.3, 0.4) is 0 Å². The quantitative estimate of drug-likeness (QED) is 0.301. The first-order chi connectivity index (χ1) is 10.6. The highest BCUT2D eigenvalue weighted by Crippen LogP contribution is 2.26. The van der Waals surface area contributed by atoms with Gasteiger partial charge in [0.15, 0.2) is 5.96 Å². The van der Waals surface area contributed by atoms with Gasteiger partial charge in [-0.25, -0.2) is 13.1 Å². The van der Waals surface area contributed by atoms with Gasteiger partial charge in [-0.1, -0.05) is 26.2 Å². The van der Waals surface area contributed by atoms with E-state index in [1.54, 1.807) is 0 Å². The van der Waals surface area contributed by atoms with Crippen molar-refractivity contribution in [3.8, 4) is 0 Å². The summed E-state index contributed by atoms with van der Waals surface area (Å²) in [5, 5.41) is 6.78. The Balaban J connectivity index is 0.00000529. The lowest BCUT2D eigenvalue weighted by molar-refractivity contribution is 0.298. The zero-order valence-electron chi connectivity index (χ0n) is 15.7. The van der Waals surface area contributed by atoms with E-state index in [0.29, 0.717) is 12.6 Å². The lowest BCUT2D eigenvalue weighted by Crippen LogP contribution is -2.48. The van der Waals surface area contributed by atoms with Crippen LogP contribution in [0.5, 0.6) is 0 Å². The first-order valence-electron chi connectivity index (χ1n) is 8.69. The number of guanidine groups is 1. The number of nitrogens with one attached hydrogen (secondary N) is 3. The van der Waals surface area contributed by atoms with E-state index in [0.717, 1.165) is 18.4 Å². The Hall–Kier alpha value is -0.0900. The van der Waals surface area contributed by atoms with Gasteiger partial charge < -0.3 is 10.6 Å². The molecule has 1 rings (SSSR count). The Morgan fingerprint density at radius 1 is 1.25 bits per heavy atom. The largest absolute Gasteiger partial charge is 0.357 e. The fraction of sp³-hybridized carbons (Fsp3) is 0.938. The third-order valence-electron chi connectivity index (χ3n) is 4.14. The van der Waals surface area contributed by atoms with Gasteiger partial charge in [-0.05, 0) is 39.5 Å². The monoisotopic (exact) mass is 474 g/mol. The molecule has 6 nitrogen and oxygen atoms in total. The van der Waals surface area contributed by atoms with Crippen molar-refractivity contribution in [3.05, 3.63) is 0 Å². The van der Waals surface area contributed by atoms with Crippen LogP contribution >= 0.6 is 24.0 Å². The van der Waals surface area contributed by atoms with Gasteiger partial charge in [0.1, 0.15) is 0 Å². The maximum absolute atomic E-state index is 11.4. The molecular formula is C16H35IN4O2S. The number of hydrogen-bond acceptors (Lipinski definition) is 3. The summed E-state index contributed by atoms with van der Waals surface area (Å²) in [4.78, 5) is 4.58. The van der Waals surface area contributed by atoms with Crippen molar-refractivity contribution in [2.24, 2.45) is 10.9 Å². The molecule has 144 valence electrons. The molecule has 2 unspecified atom stereocenters. The molecule has 3 N–H and O–H groups in total.